The second kappa shape index (κ2) is 3.39. The monoisotopic (exact) mass is 162 g/mol. The van der Waals surface area contributed by atoms with E-state index < -0.39 is 0 Å². The first-order chi connectivity index (χ1) is 5.69. The summed E-state index contributed by atoms with van der Waals surface area (Å²) in [5.41, 5.74) is 9.73. The zero-order valence-corrected chi connectivity index (χ0v) is 7.52. The summed E-state index contributed by atoms with van der Waals surface area (Å²) in [4.78, 5) is 0. The van der Waals surface area contributed by atoms with Gasteiger partial charge in [-0.15, -0.1) is 0 Å². The Morgan fingerprint density at radius 3 is 2.67 bits per heavy atom. The van der Waals surface area contributed by atoms with E-state index >= 15 is 0 Å². The topological polar surface area (TPSA) is 49.9 Å². The summed E-state index contributed by atoms with van der Waals surface area (Å²) in [6.45, 7) is 4.03. The summed E-state index contributed by atoms with van der Waals surface area (Å²) in [5.74, 6) is 0. The molecule has 0 aliphatic heterocycles. The molecule has 2 heteroatoms. The highest BCUT2D eigenvalue weighted by molar-refractivity contribution is 5.81. The van der Waals surface area contributed by atoms with Crippen molar-refractivity contribution in [2.75, 3.05) is 5.73 Å². The predicted molar refractivity (Wildman–Crippen MR) is 52.9 cm³/mol. The van der Waals surface area contributed by atoms with Crippen LogP contribution in [0.25, 0.3) is 0 Å². The molecule has 12 heavy (non-hydrogen) atoms. The summed E-state index contributed by atoms with van der Waals surface area (Å²) < 4.78 is 0. The molecule has 0 radical (unpaired) electrons. The molecule has 2 nitrogen and oxygen atoms in total. The highest BCUT2D eigenvalue weighted by atomic mass is 14.6. The molecule has 1 aromatic rings. The molecule has 1 rings (SSSR count). The van der Waals surface area contributed by atoms with Crippen LogP contribution in [0.2, 0.25) is 0 Å². The van der Waals surface area contributed by atoms with Gasteiger partial charge in [0.15, 0.2) is 0 Å². The van der Waals surface area contributed by atoms with Crippen LogP contribution in [-0.2, 0) is 6.42 Å². The van der Waals surface area contributed by atoms with Gasteiger partial charge in [-0.25, -0.2) is 0 Å². The van der Waals surface area contributed by atoms with Gasteiger partial charge in [0.1, 0.15) is 0 Å². The Balaban J connectivity index is 3.28. The maximum Gasteiger partial charge on any atom is 0.0346 e. The Labute approximate surface area is 72.9 Å². The highest BCUT2D eigenvalue weighted by Gasteiger charge is 2.01. The normalized spacial score (nSPS) is 9.83. The average Bonchev–Trinajstić information content (AvgIpc) is 2.09. The first kappa shape index (κ1) is 8.78. The van der Waals surface area contributed by atoms with Gasteiger partial charge in [-0.05, 0) is 42.2 Å². The standard InChI is InChI=1S/C10H14N2/c1-3-8-5-10(12)7(2)4-9(8)6-11/h4-6,11H,3,12H2,1-2H3. The van der Waals surface area contributed by atoms with Gasteiger partial charge in [0.05, 0.1) is 0 Å². The molecule has 0 aliphatic rings. The summed E-state index contributed by atoms with van der Waals surface area (Å²) in [6, 6.07) is 3.91. The fourth-order valence-corrected chi connectivity index (χ4v) is 1.23. The minimum absolute atomic E-state index is 0.817. The lowest BCUT2D eigenvalue weighted by atomic mass is 10.0. The number of rotatable bonds is 2. The van der Waals surface area contributed by atoms with E-state index in [0.717, 1.165) is 28.8 Å². The van der Waals surface area contributed by atoms with E-state index in [4.69, 9.17) is 11.1 Å². The van der Waals surface area contributed by atoms with Crippen molar-refractivity contribution in [3.63, 3.8) is 0 Å². The molecule has 0 aliphatic carbocycles. The van der Waals surface area contributed by atoms with E-state index in [1.54, 1.807) is 0 Å². The maximum absolute atomic E-state index is 7.19. The minimum atomic E-state index is 0.817. The second-order valence-corrected chi connectivity index (χ2v) is 2.91. The largest absolute Gasteiger partial charge is 0.399 e. The molecule has 0 amide bonds. The summed E-state index contributed by atoms with van der Waals surface area (Å²) in [6.07, 6.45) is 2.31. The van der Waals surface area contributed by atoms with Crippen LogP contribution < -0.4 is 5.73 Å². The molecule has 0 saturated heterocycles. The van der Waals surface area contributed by atoms with Crippen LogP contribution >= 0.6 is 0 Å². The van der Waals surface area contributed by atoms with Crippen molar-refractivity contribution in [1.29, 1.82) is 5.41 Å². The van der Waals surface area contributed by atoms with E-state index in [1.807, 2.05) is 19.1 Å². The van der Waals surface area contributed by atoms with Crippen molar-refractivity contribution in [3.8, 4) is 0 Å². The van der Waals surface area contributed by atoms with Crippen LogP contribution in [0.4, 0.5) is 5.69 Å². The van der Waals surface area contributed by atoms with Gasteiger partial charge < -0.3 is 11.1 Å². The molecule has 0 bridgehead atoms. The van der Waals surface area contributed by atoms with Crippen molar-refractivity contribution in [2.24, 2.45) is 0 Å². The van der Waals surface area contributed by atoms with E-state index in [-0.39, 0.29) is 0 Å². The lowest BCUT2D eigenvalue weighted by Gasteiger charge is -2.06. The molecule has 0 saturated carbocycles. The quantitative estimate of drug-likeness (QED) is 0.508. The summed E-state index contributed by atoms with van der Waals surface area (Å²) in [5, 5.41) is 7.19. The van der Waals surface area contributed by atoms with Crippen molar-refractivity contribution in [3.05, 3.63) is 28.8 Å². The fourth-order valence-electron chi connectivity index (χ4n) is 1.23. The zero-order valence-electron chi connectivity index (χ0n) is 7.52. The van der Waals surface area contributed by atoms with Crippen molar-refractivity contribution in [2.45, 2.75) is 20.3 Å². The number of hydrogen-bond acceptors (Lipinski definition) is 2. The molecule has 0 unspecified atom stereocenters. The first-order valence-corrected chi connectivity index (χ1v) is 4.08. The highest BCUT2D eigenvalue weighted by Crippen LogP contribution is 2.17. The lowest BCUT2D eigenvalue weighted by Crippen LogP contribution is -1.97. The van der Waals surface area contributed by atoms with Gasteiger partial charge in [0.2, 0.25) is 0 Å². The summed E-state index contributed by atoms with van der Waals surface area (Å²) in [7, 11) is 0. The van der Waals surface area contributed by atoms with Gasteiger partial charge in [-0.3, -0.25) is 0 Å². The number of aryl methyl sites for hydroxylation is 2. The van der Waals surface area contributed by atoms with E-state index in [2.05, 4.69) is 6.92 Å². The van der Waals surface area contributed by atoms with Crippen LogP contribution in [0.3, 0.4) is 0 Å². The van der Waals surface area contributed by atoms with Gasteiger partial charge in [0, 0.05) is 11.9 Å². The third kappa shape index (κ3) is 1.47. The van der Waals surface area contributed by atoms with Crippen LogP contribution in [0, 0.1) is 12.3 Å². The average molecular weight is 162 g/mol. The molecular weight excluding hydrogens is 148 g/mol. The number of nitrogen functional groups attached to an aromatic ring is 1. The molecular formula is C10H14N2. The third-order valence-electron chi connectivity index (χ3n) is 2.06. The first-order valence-electron chi connectivity index (χ1n) is 4.08. The molecule has 0 atom stereocenters. The smallest absolute Gasteiger partial charge is 0.0346 e. The van der Waals surface area contributed by atoms with Crippen molar-refractivity contribution >= 4 is 11.9 Å². The van der Waals surface area contributed by atoms with E-state index in [0.29, 0.717) is 0 Å². The van der Waals surface area contributed by atoms with E-state index in [9.17, 15) is 0 Å². The molecule has 0 heterocycles. The van der Waals surface area contributed by atoms with Gasteiger partial charge in [-0.1, -0.05) is 6.92 Å². The molecule has 64 valence electrons. The van der Waals surface area contributed by atoms with Crippen LogP contribution in [0.1, 0.15) is 23.6 Å². The maximum atomic E-state index is 7.19. The zero-order chi connectivity index (χ0) is 9.14. The number of anilines is 1. The fraction of sp³-hybridized carbons (Fsp3) is 0.300. The Kier molecular flexibility index (Phi) is 2.48. The SMILES string of the molecule is CCc1cc(N)c(C)cc1C=N. The van der Waals surface area contributed by atoms with Gasteiger partial charge >= 0.3 is 0 Å². The molecule has 0 fully saturated rings. The Bertz CT molecular complexity index is 303. The Morgan fingerprint density at radius 2 is 2.17 bits per heavy atom. The number of nitrogens with two attached hydrogens (primary N) is 1. The third-order valence-corrected chi connectivity index (χ3v) is 2.06. The molecule has 3 N–H and O–H groups in total. The van der Waals surface area contributed by atoms with Crippen molar-refractivity contribution in [1.82, 2.24) is 0 Å². The van der Waals surface area contributed by atoms with Crippen LogP contribution in [-0.4, -0.2) is 6.21 Å². The van der Waals surface area contributed by atoms with Crippen LogP contribution in [0.15, 0.2) is 12.1 Å². The van der Waals surface area contributed by atoms with Crippen LogP contribution in [0.5, 0.6) is 0 Å². The Morgan fingerprint density at radius 1 is 1.50 bits per heavy atom. The van der Waals surface area contributed by atoms with Gasteiger partial charge in [-0.2, -0.15) is 0 Å². The number of nitrogens with one attached hydrogen (secondary N) is 1. The van der Waals surface area contributed by atoms with Crippen molar-refractivity contribution < 1.29 is 0 Å². The molecule has 1 aromatic carbocycles. The number of hydrogen-bond donors (Lipinski definition) is 2. The molecule has 0 spiro atoms. The summed E-state index contributed by atoms with van der Waals surface area (Å²) >= 11 is 0. The van der Waals surface area contributed by atoms with Gasteiger partial charge in [0.25, 0.3) is 0 Å². The minimum Gasteiger partial charge on any atom is -0.399 e. The predicted octanol–water partition coefficient (Wildman–Crippen LogP) is 2.14. The number of benzene rings is 1. The Hall–Kier alpha value is -1.31. The van der Waals surface area contributed by atoms with E-state index in [1.165, 1.54) is 6.21 Å². The lowest BCUT2D eigenvalue weighted by molar-refractivity contribution is 1.13. The molecule has 0 aromatic heterocycles. The second-order valence-electron chi connectivity index (χ2n) is 2.91.